The van der Waals surface area contributed by atoms with E-state index < -0.39 is 28.8 Å². The van der Waals surface area contributed by atoms with Crippen molar-refractivity contribution in [2.24, 2.45) is 5.73 Å². The van der Waals surface area contributed by atoms with E-state index in [1.165, 1.54) is 12.1 Å². The van der Waals surface area contributed by atoms with Gasteiger partial charge in [0.25, 0.3) is 11.5 Å². The Hall–Kier alpha value is -3.83. The van der Waals surface area contributed by atoms with Crippen LogP contribution in [0.5, 0.6) is 0 Å². The van der Waals surface area contributed by atoms with Crippen LogP contribution in [0.25, 0.3) is 5.69 Å². The van der Waals surface area contributed by atoms with E-state index in [0.29, 0.717) is 23.5 Å². The van der Waals surface area contributed by atoms with E-state index >= 15 is 0 Å². The molecule has 1 aliphatic heterocycles. The van der Waals surface area contributed by atoms with Crippen LogP contribution in [0.3, 0.4) is 0 Å². The molecule has 1 aliphatic rings. The average molecular weight is 526 g/mol. The van der Waals surface area contributed by atoms with Gasteiger partial charge in [0.15, 0.2) is 11.6 Å². The van der Waals surface area contributed by atoms with Gasteiger partial charge in [0.05, 0.1) is 11.4 Å². The van der Waals surface area contributed by atoms with Gasteiger partial charge in [-0.2, -0.15) is 9.78 Å². The van der Waals surface area contributed by atoms with Crippen molar-refractivity contribution in [1.29, 1.82) is 0 Å². The highest BCUT2D eigenvalue weighted by atomic mass is 19.1. The largest absolute Gasteiger partial charge is 0.383 e. The first kappa shape index (κ1) is 27.2. The van der Waals surface area contributed by atoms with Crippen molar-refractivity contribution < 1.29 is 13.6 Å². The Bertz CT molecular complexity index is 1360. The Morgan fingerprint density at radius 2 is 1.82 bits per heavy atom. The van der Waals surface area contributed by atoms with E-state index in [-0.39, 0.29) is 17.8 Å². The lowest BCUT2D eigenvalue weighted by Gasteiger charge is -2.32. The number of aromatic nitrogens is 2. The molecule has 2 aromatic carbocycles. The average Bonchev–Trinajstić information content (AvgIpc) is 3.35. The van der Waals surface area contributed by atoms with Crippen molar-refractivity contribution >= 4 is 23.0 Å². The lowest BCUT2D eigenvalue weighted by Crippen LogP contribution is -2.37. The molecule has 0 unspecified atom stereocenters. The number of carbonyl (C=O) groups is 1. The minimum Gasteiger partial charge on any atom is -0.383 e. The minimum absolute atomic E-state index is 0.111. The number of anilines is 3. The van der Waals surface area contributed by atoms with Gasteiger partial charge < -0.3 is 26.6 Å². The number of para-hydroxylation sites is 1. The van der Waals surface area contributed by atoms with Gasteiger partial charge >= 0.3 is 0 Å². The summed E-state index contributed by atoms with van der Waals surface area (Å²) in [7, 11) is 1.85. The molecule has 9 nitrogen and oxygen atoms in total. The fourth-order valence-electron chi connectivity index (χ4n) is 4.81. The van der Waals surface area contributed by atoms with Crippen LogP contribution in [0.4, 0.5) is 25.8 Å². The molecule has 2 heterocycles. The monoisotopic (exact) mass is 525 g/mol. The summed E-state index contributed by atoms with van der Waals surface area (Å²) in [5, 5.41) is 13.6. The van der Waals surface area contributed by atoms with Crippen LogP contribution < -0.4 is 32.1 Å². The van der Waals surface area contributed by atoms with Crippen LogP contribution in [0, 0.1) is 11.6 Å². The fraction of sp³-hybridized carbons (Fsp3) is 0.370. The molecule has 38 heavy (non-hydrogen) atoms. The molecule has 0 aliphatic carbocycles. The van der Waals surface area contributed by atoms with Crippen molar-refractivity contribution in [2.75, 3.05) is 35.7 Å². The van der Waals surface area contributed by atoms with E-state index in [1.54, 1.807) is 0 Å². The van der Waals surface area contributed by atoms with Crippen molar-refractivity contribution in [3.05, 3.63) is 75.7 Å². The quantitative estimate of drug-likeness (QED) is 0.339. The number of hydrogen-bond acceptors (Lipinski definition) is 7. The van der Waals surface area contributed by atoms with E-state index in [9.17, 15) is 18.4 Å². The number of nitrogens with two attached hydrogens (primary N) is 1. The summed E-state index contributed by atoms with van der Waals surface area (Å²) < 4.78 is 29.3. The van der Waals surface area contributed by atoms with Gasteiger partial charge in [-0.05, 0) is 64.1 Å². The maximum atomic E-state index is 14.4. The van der Waals surface area contributed by atoms with Gasteiger partial charge in [0.2, 0.25) is 0 Å². The predicted molar refractivity (Wildman–Crippen MR) is 145 cm³/mol. The molecule has 4 rings (SSSR count). The number of benzene rings is 2. The standard InChI is InChI=1S/C27H33F2N7O2/c1-16(2)32-21-9-10-22(25(18(21)15-31-3)35-13-5-6-17(35)14-30)33-27(38)23-11-12-24(37)36(34-23)26-19(28)7-4-8-20(26)29/h4,7-12,16-17,31-32H,5-6,13-15,30H2,1-3H3,(H,33,38)/t17-/m1/s1. The minimum atomic E-state index is -0.966. The summed E-state index contributed by atoms with van der Waals surface area (Å²) in [6.07, 6.45) is 1.91. The molecule has 0 spiro atoms. The Morgan fingerprint density at radius 3 is 2.47 bits per heavy atom. The van der Waals surface area contributed by atoms with Crippen LogP contribution in [-0.4, -0.2) is 47.9 Å². The summed E-state index contributed by atoms with van der Waals surface area (Å²) in [5.41, 5.74) is 7.82. The third kappa shape index (κ3) is 5.53. The third-order valence-corrected chi connectivity index (χ3v) is 6.45. The van der Waals surface area contributed by atoms with Crippen LogP contribution >= 0.6 is 0 Å². The molecule has 1 amide bonds. The van der Waals surface area contributed by atoms with Crippen molar-refractivity contribution in [3.63, 3.8) is 0 Å². The lowest BCUT2D eigenvalue weighted by molar-refractivity contribution is 0.102. The number of nitrogens with zero attached hydrogens (tertiary/aromatic N) is 3. The van der Waals surface area contributed by atoms with E-state index in [2.05, 4.69) is 39.8 Å². The molecule has 0 saturated carbocycles. The van der Waals surface area contributed by atoms with Crippen LogP contribution in [-0.2, 0) is 6.54 Å². The highest BCUT2D eigenvalue weighted by molar-refractivity contribution is 6.05. The maximum absolute atomic E-state index is 14.4. The molecular formula is C27H33F2N7O2. The van der Waals surface area contributed by atoms with Gasteiger partial charge in [-0.3, -0.25) is 9.59 Å². The Balaban J connectivity index is 1.77. The Morgan fingerprint density at radius 1 is 1.11 bits per heavy atom. The highest BCUT2D eigenvalue weighted by Crippen LogP contribution is 2.39. The zero-order valence-corrected chi connectivity index (χ0v) is 21.7. The van der Waals surface area contributed by atoms with Crippen molar-refractivity contribution in [1.82, 2.24) is 15.1 Å². The molecule has 5 N–H and O–H groups in total. The molecule has 1 atom stereocenters. The first-order chi connectivity index (χ1) is 18.2. The van der Waals surface area contributed by atoms with E-state index in [0.717, 1.165) is 54.5 Å². The second-order valence-corrected chi connectivity index (χ2v) is 9.54. The SMILES string of the molecule is CNCc1c(NC(C)C)ccc(NC(=O)c2ccc(=O)n(-c3c(F)cccc3F)n2)c1N1CCC[C@@H]1CN. The lowest BCUT2D eigenvalue weighted by atomic mass is 10.0. The van der Waals surface area contributed by atoms with Crippen molar-refractivity contribution in [3.8, 4) is 5.69 Å². The molecule has 3 aromatic rings. The number of amides is 1. The number of nitrogens with one attached hydrogen (secondary N) is 3. The summed E-state index contributed by atoms with van der Waals surface area (Å²) in [6.45, 7) is 5.89. The first-order valence-corrected chi connectivity index (χ1v) is 12.6. The molecule has 1 aromatic heterocycles. The van der Waals surface area contributed by atoms with Gasteiger partial charge in [0.1, 0.15) is 11.4 Å². The molecule has 1 saturated heterocycles. The maximum Gasteiger partial charge on any atom is 0.276 e. The molecule has 202 valence electrons. The zero-order chi connectivity index (χ0) is 27.4. The second kappa shape index (κ2) is 11.7. The highest BCUT2D eigenvalue weighted by Gasteiger charge is 2.29. The summed E-state index contributed by atoms with van der Waals surface area (Å²) in [5.74, 6) is -2.56. The second-order valence-electron chi connectivity index (χ2n) is 9.54. The molecule has 0 bridgehead atoms. The molecular weight excluding hydrogens is 492 g/mol. The molecule has 0 radical (unpaired) electrons. The van der Waals surface area contributed by atoms with E-state index in [1.807, 2.05) is 19.2 Å². The smallest absolute Gasteiger partial charge is 0.276 e. The topological polar surface area (TPSA) is 117 Å². The molecule has 1 fully saturated rings. The van der Waals surface area contributed by atoms with E-state index in [4.69, 9.17) is 5.73 Å². The Kier molecular flexibility index (Phi) is 8.38. The van der Waals surface area contributed by atoms with Crippen LogP contribution in [0.2, 0.25) is 0 Å². The first-order valence-electron chi connectivity index (χ1n) is 12.6. The normalized spacial score (nSPS) is 15.2. The third-order valence-electron chi connectivity index (χ3n) is 6.45. The zero-order valence-electron chi connectivity index (χ0n) is 21.7. The molecule has 11 heteroatoms. The van der Waals surface area contributed by atoms with Crippen LogP contribution in [0.15, 0.2) is 47.3 Å². The number of hydrogen-bond donors (Lipinski definition) is 4. The summed E-state index contributed by atoms with van der Waals surface area (Å²) in [6, 6.07) is 9.53. The predicted octanol–water partition coefficient (Wildman–Crippen LogP) is 3.23. The van der Waals surface area contributed by atoms with Crippen LogP contribution in [0.1, 0.15) is 42.7 Å². The number of carbonyl (C=O) groups excluding carboxylic acids is 1. The van der Waals surface area contributed by atoms with Gasteiger partial charge in [-0.25, -0.2) is 8.78 Å². The van der Waals surface area contributed by atoms with Crippen molar-refractivity contribution in [2.45, 2.75) is 45.3 Å². The van der Waals surface area contributed by atoms with Gasteiger partial charge in [0, 0.05) is 49.0 Å². The fourth-order valence-corrected chi connectivity index (χ4v) is 4.81. The summed E-state index contributed by atoms with van der Waals surface area (Å²) in [4.78, 5) is 28.0. The van der Waals surface area contributed by atoms with Gasteiger partial charge in [-0.1, -0.05) is 6.07 Å². The van der Waals surface area contributed by atoms with Gasteiger partial charge in [-0.15, -0.1) is 0 Å². The Labute approximate surface area is 220 Å². The number of rotatable bonds is 9. The summed E-state index contributed by atoms with van der Waals surface area (Å²) >= 11 is 0. The number of halogens is 2.